The fraction of sp³-hybridized carbons (Fsp3) is 0. The van der Waals surface area contributed by atoms with E-state index in [4.69, 9.17) is 0 Å². The molecule has 0 heterocycles. The summed E-state index contributed by atoms with van der Waals surface area (Å²) in [5.41, 5.74) is 17.4. The Bertz CT molecular complexity index is 5310. The van der Waals surface area contributed by atoms with Crippen molar-refractivity contribution in [2.24, 2.45) is 0 Å². The van der Waals surface area contributed by atoms with Crippen molar-refractivity contribution in [1.82, 2.24) is 0 Å². The lowest BCUT2D eigenvalue weighted by molar-refractivity contribution is 1.61. The van der Waals surface area contributed by atoms with Gasteiger partial charge in [-0.25, -0.2) is 0 Å². The highest BCUT2D eigenvalue weighted by Crippen LogP contribution is 2.56. The first-order valence-electron chi connectivity index (χ1n) is 29.2. The molecule has 0 saturated carbocycles. The van der Waals surface area contributed by atoms with Crippen LogP contribution in [0.25, 0.3) is 175 Å². The van der Waals surface area contributed by atoms with Gasteiger partial charge in [0.05, 0.1) is 0 Å². The van der Waals surface area contributed by atoms with Crippen molar-refractivity contribution >= 4 is 97.0 Å². The van der Waals surface area contributed by atoms with E-state index in [0.717, 1.165) is 0 Å². The summed E-state index contributed by atoms with van der Waals surface area (Å²) >= 11 is 0. The third-order valence-electron chi connectivity index (χ3n) is 18.0. The van der Waals surface area contributed by atoms with E-state index >= 15 is 0 Å². The average molecular weight is 1060 g/mol. The number of hydrogen-bond donors (Lipinski definition) is 0. The van der Waals surface area contributed by atoms with Crippen LogP contribution >= 0.6 is 0 Å². The zero-order valence-electron chi connectivity index (χ0n) is 46.0. The van der Waals surface area contributed by atoms with Gasteiger partial charge in [0.25, 0.3) is 0 Å². The van der Waals surface area contributed by atoms with Crippen molar-refractivity contribution in [3.05, 3.63) is 315 Å². The Kier molecular flexibility index (Phi) is 11.0. The minimum Gasteiger partial charge on any atom is -0.0622 e. The third kappa shape index (κ3) is 7.27. The summed E-state index contributed by atoms with van der Waals surface area (Å²) in [7, 11) is 0. The lowest BCUT2D eigenvalue weighted by atomic mass is 9.77. The summed E-state index contributed by atoms with van der Waals surface area (Å²) in [6.07, 6.45) is 0. The molecule has 0 aliphatic heterocycles. The average Bonchev–Trinajstić information content (AvgIpc) is 1.54. The van der Waals surface area contributed by atoms with Crippen LogP contribution in [0.3, 0.4) is 0 Å². The molecule has 0 spiro atoms. The molecule has 0 atom stereocenters. The zero-order valence-corrected chi connectivity index (χ0v) is 46.0. The number of fused-ring (bicyclic) bond motifs is 9. The molecule has 84 heavy (non-hydrogen) atoms. The van der Waals surface area contributed by atoms with E-state index in [2.05, 4.69) is 315 Å². The monoisotopic (exact) mass is 1060 g/mol. The predicted octanol–water partition coefficient (Wildman–Crippen LogP) is 23.7. The lowest BCUT2D eigenvalue weighted by Crippen LogP contribution is -1.97. The van der Waals surface area contributed by atoms with Crippen molar-refractivity contribution in [1.29, 1.82) is 0 Å². The molecule has 0 unspecified atom stereocenters. The first-order valence-corrected chi connectivity index (χ1v) is 29.2. The third-order valence-corrected chi connectivity index (χ3v) is 18.0. The molecule has 0 aliphatic carbocycles. The molecule has 0 aromatic heterocycles. The Balaban J connectivity index is 0.960. The van der Waals surface area contributed by atoms with Crippen LogP contribution in [0.5, 0.6) is 0 Å². The topological polar surface area (TPSA) is 0 Å². The molecule has 0 radical (unpaired) electrons. The maximum absolute atomic E-state index is 2.43. The minimum atomic E-state index is 1.21. The fourth-order valence-corrected chi connectivity index (χ4v) is 14.6. The standard InChI is InChI=1S/C84H52/c1-3-27-53(28-4-1)57-33-9-10-34-58(57)77-59-35-11-15-39-63(59)79(64-40-16-12-36-60(64)77)81-67-43-19-23-47-71(67)83(72-48-24-20-44-68(72)81)84-73-49-25-21-45-69(73)82(70-46-22-26-50-74(70)84)80-65-41-17-13-37-61(65)78(62-38-14-18-42-66(62)80)76-52-56-32-8-7-31-55(56)51-75(76)54-29-5-2-6-30-54/h1-52H. The Hall–Kier alpha value is -10.9. The molecule has 388 valence electrons. The molecule has 0 aliphatic rings. The Morgan fingerprint density at radius 1 is 0.119 bits per heavy atom. The first-order chi connectivity index (χ1) is 41.8. The van der Waals surface area contributed by atoms with Crippen molar-refractivity contribution in [2.45, 2.75) is 0 Å². The summed E-state index contributed by atoms with van der Waals surface area (Å²) in [4.78, 5) is 0. The van der Waals surface area contributed by atoms with Crippen LogP contribution in [0.15, 0.2) is 315 Å². The first kappa shape index (κ1) is 47.8. The van der Waals surface area contributed by atoms with Crippen LogP contribution in [0.1, 0.15) is 0 Å². The molecule has 0 heteroatoms. The highest BCUT2D eigenvalue weighted by molar-refractivity contribution is 6.36. The van der Waals surface area contributed by atoms with Gasteiger partial charge in [-0.3, -0.25) is 0 Å². The molecular formula is C84H52. The maximum Gasteiger partial charge on any atom is -0.00139 e. The summed E-state index contributed by atoms with van der Waals surface area (Å²) in [5, 5.41) is 22.2. The van der Waals surface area contributed by atoms with Gasteiger partial charge in [-0.1, -0.05) is 303 Å². The molecule has 0 amide bonds. The predicted molar refractivity (Wildman–Crippen MR) is 362 cm³/mol. The van der Waals surface area contributed by atoms with Gasteiger partial charge < -0.3 is 0 Å². The summed E-state index contributed by atoms with van der Waals surface area (Å²) in [6, 6.07) is 118. The van der Waals surface area contributed by atoms with Gasteiger partial charge in [0, 0.05) is 0 Å². The van der Waals surface area contributed by atoms with E-state index in [1.165, 1.54) is 175 Å². The van der Waals surface area contributed by atoms with Crippen LogP contribution in [0, 0.1) is 0 Å². The Morgan fingerprint density at radius 2 is 0.310 bits per heavy atom. The molecule has 0 bridgehead atoms. The highest BCUT2D eigenvalue weighted by Gasteiger charge is 2.28. The number of rotatable bonds is 7. The van der Waals surface area contributed by atoms with E-state index in [1.807, 2.05) is 0 Å². The second kappa shape index (κ2) is 19.4. The van der Waals surface area contributed by atoms with Crippen LogP contribution in [-0.2, 0) is 0 Å². The van der Waals surface area contributed by atoms with Crippen LogP contribution in [0.4, 0.5) is 0 Å². The van der Waals surface area contributed by atoms with E-state index in [-0.39, 0.29) is 0 Å². The van der Waals surface area contributed by atoms with Gasteiger partial charge in [-0.05, 0) is 187 Å². The van der Waals surface area contributed by atoms with Gasteiger partial charge in [0.1, 0.15) is 0 Å². The van der Waals surface area contributed by atoms with Crippen LogP contribution < -0.4 is 0 Å². The lowest BCUT2D eigenvalue weighted by Gasteiger charge is -2.25. The summed E-state index contributed by atoms with van der Waals surface area (Å²) in [5.74, 6) is 0. The summed E-state index contributed by atoms with van der Waals surface area (Å²) in [6.45, 7) is 0. The summed E-state index contributed by atoms with van der Waals surface area (Å²) < 4.78 is 0. The van der Waals surface area contributed by atoms with Crippen molar-refractivity contribution in [3.63, 3.8) is 0 Å². The van der Waals surface area contributed by atoms with E-state index in [1.54, 1.807) is 0 Å². The molecule has 17 rings (SSSR count). The quantitative estimate of drug-likeness (QED) is 0.140. The Labute approximate surface area is 487 Å². The van der Waals surface area contributed by atoms with Crippen molar-refractivity contribution < 1.29 is 0 Å². The van der Waals surface area contributed by atoms with Crippen LogP contribution in [-0.4, -0.2) is 0 Å². The van der Waals surface area contributed by atoms with Gasteiger partial charge in [0.15, 0.2) is 0 Å². The highest BCUT2D eigenvalue weighted by atomic mass is 14.3. The molecule has 0 N–H and O–H groups in total. The smallest absolute Gasteiger partial charge is 0.00139 e. The van der Waals surface area contributed by atoms with Crippen molar-refractivity contribution in [3.8, 4) is 77.9 Å². The number of hydrogen-bond acceptors (Lipinski definition) is 0. The largest absolute Gasteiger partial charge is 0.0622 e. The van der Waals surface area contributed by atoms with Crippen molar-refractivity contribution in [2.75, 3.05) is 0 Å². The minimum absolute atomic E-state index is 1.21. The SMILES string of the molecule is c1ccc(-c2ccccc2-c2c3ccccc3c(-c3c4ccccc4c(-c4c5ccccc5c(-c5c6ccccc6c(-c6cc7ccccc7cc6-c6ccccc6)c6ccccc56)c5ccccc45)c4ccccc34)c3ccccc23)cc1. The van der Waals surface area contributed by atoms with E-state index in [0.29, 0.717) is 0 Å². The van der Waals surface area contributed by atoms with E-state index in [9.17, 15) is 0 Å². The molecule has 17 aromatic carbocycles. The Morgan fingerprint density at radius 3 is 0.595 bits per heavy atom. The molecular weight excluding hydrogens is 1010 g/mol. The molecule has 0 saturated heterocycles. The van der Waals surface area contributed by atoms with Crippen LogP contribution in [0.2, 0.25) is 0 Å². The second-order valence-corrected chi connectivity index (χ2v) is 22.4. The maximum atomic E-state index is 2.43. The normalized spacial score (nSPS) is 11.8. The van der Waals surface area contributed by atoms with E-state index < -0.39 is 0 Å². The number of benzene rings is 17. The molecule has 0 fully saturated rings. The zero-order chi connectivity index (χ0) is 55.2. The molecule has 17 aromatic rings. The second-order valence-electron chi connectivity index (χ2n) is 22.4. The van der Waals surface area contributed by atoms with Gasteiger partial charge >= 0.3 is 0 Å². The molecule has 0 nitrogen and oxygen atoms in total. The van der Waals surface area contributed by atoms with Gasteiger partial charge in [-0.15, -0.1) is 0 Å². The fourth-order valence-electron chi connectivity index (χ4n) is 14.6. The van der Waals surface area contributed by atoms with Gasteiger partial charge in [0.2, 0.25) is 0 Å². The van der Waals surface area contributed by atoms with Gasteiger partial charge in [-0.2, -0.15) is 0 Å².